The van der Waals surface area contributed by atoms with E-state index in [4.69, 9.17) is 10.7 Å². The standard InChI is InChI=1S/C32H44N6O3/c1-19(2)37-12-5-6-25(18-37)36-31(40)23-8-10-29(34-17-23)38-13-11-24(16-22-7-9-28(22)38)35-32(41)27-15-20(3)26(30(33)39)14-21(27)4/h8,10,14-15,17,19,22,24-25,28H,5-7,9,11-13,16,18H2,1-4H3,(H2,33,39)(H,35,41)(H,36,40). The summed E-state index contributed by atoms with van der Waals surface area (Å²) < 4.78 is 0. The van der Waals surface area contributed by atoms with E-state index in [1.54, 1.807) is 25.3 Å². The Bertz CT molecular complexity index is 1290. The van der Waals surface area contributed by atoms with Crippen LogP contribution in [0.25, 0.3) is 0 Å². The number of benzene rings is 1. The Morgan fingerprint density at radius 1 is 0.927 bits per heavy atom. The van der Waals surface area contributed by atoms with Crippen LogP contribution >= 0.6 is 0 Å². The van der Waals surface area contributed by atoms with Gasteiger partial charge in [-0.25, -0.2) is 4.98 Å². The number of hydrogen-bond donors (Lipinski definition) is 3. The number of aromatic nitrogens is 1. The van der Waals surface area contributed by atoms with Crippen LogP contribution in [0.4, 0.5) is 5.82 Å². The number of aryl methyl sites for hydroxylation is 2. The third kappa shape index (κ3) is 6.40. The molecule has 2 aromatic rings. The second kappa shape index (κ2) is 12.2. The highest BCUT2D eigenvalue weighted by atomic mass is 16.2. The third-order valence-corrected chi connectivity index (χ3v) is 9.32. The molecule has 2 saturated heterocycles. The first-order valence-corrected chi connectivity index (χ1v) is 15.1. The van der Waals surface area contributed by atoms with Crippen LogP contribution < -0.4 is 21.3 Å². The highest BCUT2D eigenvalue weighted by Crippen LogP contribution is 2.40. The fraction of sp³-hybridized carbons (Fsp3) is 0.562. The van der Waals surface area contributed by atoms with Gasteiger partial charge < -0.3 is 21.3 Å². The SMILES string of the molecule is Cc1cc(C(=O)NC2CCN(c3ccc(C(=O)NC4CCCN(C(C)C)C4)cn3)C3CCC3C2)c(C)cc1C(N)=O. The zero-order chi connectivity index (χ0) is 29.3. The number of pyridine rings is 1. The molecule has 3 fully saturated rings. The second-order valence-corrected chi connectivity index (χ2v) is 12.4. The largest absolute Gasteiger partial charge is 0.366 e. The average molecular weight is 561 g/mol. The molecule has 220 valence electrons. The Morgan fingerprint density at radius 2 is 1.66 bits per heavy atom. The molecule has 4 unspecified atom stereocenters. The fourth-order valence-corrected chi connectivity index (χ4v) is 6.74. The maximum Gasteiger partial charge on any atom is 0.253 e. The zero-order valence-electron chi connectivity index (χ0n) is 24.8. The minimum absolute atomic E-state index is 0.0572. The van der Waals surface area contributed by atoms with Crippen LogP contribution in [-0.4, -0.2) is 71.4 Å². The molecular weight excluding hydrogens is 516 g/mol. The van der Waals surface area contributed by atoms with E-state index in [1.165, 1.54) is 0 Å². The van der Waals surface area contributed by atoms with Gasteiger partial charge in [-0.05, 0) is 114 Å². The Labute approximate surface area is 243 Å². The topological polar surface area (TPSA) is 121 Å². The molecule has 9 heteroatoms. The molecule has 2 aliphatic heterocycles. The molecule has 4 N–H and O–H groups in total. The summed E-state index contributed by atoms with van der Waals surface area (Å²) >= 11 is 0. The van der Waals surface area contributed by atoms with Crippen molar-refractivity contribution in [2.45, 2.75) is 90.4 Å². The number of hydrogen-bond acceptors (Lipinski definition) is 6. The monoisotopic (exact) mass is 560 g/mol. The van der Waals surface area contributed by atoms with E-state index in [1.807, 2.05) is 19.1 Å². The number of nitrogens with two attached hydrogens (primary N) is 1. The molecular formula is C32H44N6O3. The minimum atomic E-state index is -0.484. The van der Waals surface area contributed by atoms with Gasteiger partial charge in [0, 0.05) is 54.6 Å². The fourth-order valence-electron chi connectivity index (χ4n) is 6.74. The maximum atomic E-state index is 13.2. The van der Waals surface area contributed by atoms with Crippen molar-refractivity contribution >= 4 is 23.5 Å². The lowest BCUT2D eigenvalue weighted by molar-refractivity contribution is 0.0884. The Morgan fingerprint density at radius 3 is 2.32 bits per heavy atom. The summed E-state index contributed by atoms with van der Waals surface area (Å²) in [6.45, 7) is 10.8. The molecule has 3 heterocycles. The normalized spacial score (nSPS) is 24.7. The van der Waals surface area contributed by atoms with Crippen LogP contribution in [-0.2, 0) is 0 Å². The Hall–Kier alpha value is -3.46. The number of likely N-dealkylation sites (tertiary alicyclic amines) is 1. The van der Waals surface area contributed by atoms with Gasteiger partial charge in [-0.2, -0.15) is 0 Å². The summed E-state index contributed by atoms with van der Waals surface area (Å²) in [5, 5.41) is 6.48. The number of piperidine rings is 1. The molecule has 1 aliphatic carbocycles. The van der Waals surface area contributed by atoms with Crippen molar-refractivity contribution < 1.29 is 14.4 Å². The van der Waals surface area contributed by atoms with E-state index in [2.05, 4.69) is 34.3 Å². The number of nitrogens with zero attached hydrogens (tertiary/aromatic N) is 3. The number of fused-ring (bicyclic) bond motifs is 1. The van der Waals surface area contributed by atoms with Gasteiger partial charge in [-0.1, -0.05) is 0 Å². The summed E-state index contributed by atoms with van der Waals surface area (Å²) in [4.78, 5) is 47.4. The number of primary amides is 1. The van der Waals surface area contributed by atoms with Crippen molar-refractivity contribution in [1.82, 2.24) is 20.5 Å². The smallest absolute Gasteiger partial charge is 0.253 e. The highest BCUT2D eigenvalue weighted by Gasteiger charge is 2.40. The van der Waals surface area contributed by atoms with Crippen molar-refractivity contribution in [2.75, 3.05) is 24.5 Å². The Kier molecular flexibility index (Phi) is 8.63. The number of nitrogens with one attached hydrogen (secondary N) is 2. The van der Waals surface area contributed by atoms with Crippen LogP contribution in [0.2, 0.25) is 0 Å². The first-order chi connectivity index (χ1) is 19.6. The number of rotatable bonds is 7. The molecule has 1 aromatic carbocycles. The van der Waals surface area contributed by atoms with Crippen LogP contribution in [0.5, 0.6) is 0 Å². The lowest BCUT2D eigenvalue weighted by atomic mass is 9.76. The van der Waals surface area contributed by atoms with E-state index < -0.39 is 5.91 Å². The summed E-state index contributed by atoms with van der Waals surface area (Å²) in [5.74, 6) is 0.721. The van der Waals surface area contributed by atoms with E-state index in [9.17, 15) is 14.4 Å². The van der Waals surface area contributed by atoms with Gasteiger partial charge in [0.2, 0.25) is 5.91 Å². The molecule has 41 heavy (non-hydrogen) atoms. The number of anilines is 1. The summed E-state index contributed by atoms with van der Waals surface area (Å²) in [6, 6.07) is 8.42. The molecule has 1 aromatic heterocycles. The van der Waals surface area contributed by atoms with Crippen molar-refractivity contribution in [2.24, 2.45) is 11.7 Å². The quantitative estimate of drug-likeness (QED) is 0.476. The van der Waals surface area contributed by atoms with Crippen LogP contribution in [0, 0.1) is 19.8 Å². The van der Waals surface area contributed by atoms with E-state index in [-0.39, 0.29) is 23.9 Å². The summed E-state index contributed by atoms with van der Waals surface area (Å²) in [7, 11) is 0. The zero-order valence-corrected chi connectivity index (χ0v) is 24.8. The third-order valence-electron chi connectivity index (χ3n) is 9.32. The molecule has 0 bridgehead atoms. The van der Waals surface area contributed by atoms with Crippen LogP contribution in [0.3, 0.4) is 0 Å². The van der Waals surface area contributed by atoms with Gasteiger partial charge in [0.25, 0.3) is 11.8 Å². The molecule has 0 spiro atoms. The predicted octanol–water partition coefficient (Wildman–Crippen LogP) is 3.58. The van der Waals surface area contributed by atoms with Crippen molar-refractivity contribution in [1.29, 1.82) is 0 Å². The van der Waals surface area contributed by atoms with Crippen LogP contribution in [0.15, 0.2) is 30.5 Å². The summed E-state index contributed by atoms with van der Waals surface area (Å²) in [5.41, 5.74) is 8.55. The molecule has 9 nitrogen and oxygen atoms in total. The van der Waals surface area contributed by atoms with E-state index in [0.29, 0.717) is 40.3 Å². The lowest BCUT2D eigenvalue weighted by Crippen LogP contribution is -2.49. The van der Waals surface area contributed by atoms with Crippen molar-refractivity contribution in [3.63, 3.8) is 0 Å². The highest BCUT2D eigenvalue weighted by molar-refractivity contribution is 5.99. The molecule has 1 saturated carbocycles. The maximum absolute atomic E-state index is 13.2. The van der Waals surface area contributed by atoms with E-state index >= 15 is 0 Å². The molecule has 5 rings (SSSR count). The van der Waals surface area contributed by atoms with E-state index in [0.717, 1.165) is 69.5 Å². The number of carbonyl (C=O) groups is 3. The average Bonchev–Trinajstić information content (AvgIpc) is 3.05. The number of carbonyl (C=O) groups excluding carboxylic acids is 3. The van der Waals surface area contributed by atoms with Gasteiger partial charge in [-0.15, -0.1) is 0 Å². The first-order valence-electron chi connectivity index (χ1n) is 15.1. The predicted molar refractivity (Wildman–Crippen MR) is 160 cm³/mol. The van der Waals surface area contributed by atoms with Crippen molar-refractivity contribution in [3.8, 4) is 0 Å². The summed E-state index contributed by atoms with van der Waals surface area (Å²) in [6.07, 6.45) is 7.79. The molecule has 0 radical (unpaired) electrons. The molecule has 3 aliphatic rings. The lowest BCUT2D eigenvalue weighted by Gasteiger charge is -2.43. The molecule has 3 amide bonds. The second-order valence-electron chi connectivity index (χ2n) is 12.4. The van der Waals surface area contributed by atoms with Gasteiger partial charge in [0.05, 0.1) is 5.56 Å². The van der Waals surface area contributed by atoms with Gasteiger partial charge in [-0.3, -0.25) is 19.3 Å². The van der Waals surface area contributed by atoms with Gasteiger partial charge >= 0.3 is 0 Å². The minimum Gasteiger partial charge on any atom is -0.366 e. The van der Waals surface area contributed by atoms with Gasteiger partial charge in [0.15, 0.2) is 0 Å². The van der Waals surface area contributed by atoms with Crippen molar-refractivity contribution in [3.05, 3.63) is 58.3 Å². The van der Waals surface area contributed by atoms with Gasteiger partial charge in [0.1, 0.15) is 5.82 Å². The number of amides is 3. The Balaban J connectivity index is 1.21. The molecule has 4 atom stereocenters. The van der Waals surface area contributed by atoms with Crippen LogP contribution in [0.1, 0.15) is 94.6 Å². The first kappa shape index (κ1) is 29.0.